The van der Waals surface area contributed by atoms with Crippen LogP contribution in [0, 0.1) is 5.82 Å². The largest absolute Gasteiger partial charge is 0.481 e. The van der Waals surface area contributed by atoms with E-state index in [1.165, 1.54) is 12.1 Å². The Labute approximate surface area is 98.9 Å². The number of carboxylic acids is 1. The van der Waals surface area contributed by atoms with Gasteiger partial charge >= 0.3 is 5.97 Å². The van der Waals surface area contributed by atoms with Crippen molar-refractivity contribution in [1.82, 2.24) is 0 Å². The monoisotopic (exact) mass is 245 g/mol. The fourth-order valence-corrected chi connectivity index (χ4v) is 2.19. The first-order chi connectivity index (χ1) is 7.06. The number of rotatable bonds is 2. The Kier molecular flexibility index (Phi) is 3.55. The van der Waals surface area contributed by atoms with E-state index in [0.29, 0.717) is 12.8 Å². The molecule has 1 aromatic carbocycles. The Balaban J connectivity index is 0.00000128. The van der Waals surface area contributed by atoms with Crippen molar-refractivity contribution in [3.8, 4) is 0 Å². The van der Waals surface area contributed by atoms with Crippen LogP contribution in [0.4, 0.5) is 4.39 Å². The van der Waals surface area contributed by atoms with Gasteiger partial charge in [-0.25, -0.2) is 4.39 Å². The van der Waals surface area contributed by atoms with Crippen molar-refractivity contribution in [2.75, 3.05) is 0 Å². The highest BCUT2D eigenvalue weighted by atomic mass is 35.5. The van der Waals surface area contributed by atoms with Crippen LogP contribution in [0.1, 0.15) is 18.4 Å². The Morgan fingerprint density at radius 1 is 1.44 bits per heavy atom. The van der Waals surface area contributed by atoms with E-state index < -0.39 is 17.2 Å². The summed E-state index contributed by atoms with van der Waals surface area (Å²) in [5.74, 6) is -1.46. The van der Waals surface area contributed by atoms with Gasteiger partial charge in [0.2, 0.25) is 0 Å². The highest BCUT2D eigenvalue weighted by Gasteiger charge is 2.51. The van der Waals surface area contributed by atoms with Gasteiger partial charge in [-0.15, -0.1) is 12.4 Å². The third kappa shape index (κ3) is 1.79. The van der Waals surface area contributed by atoms with Crippen molar-refractivity contribution in [2.24, 2.45) is 5.73 Å². The number of carboxylic acid groups (broad SMARTS) is 1. The van der Waals surface area contributed by atoms with Crippen LogP contribution in [-0.4, -0.2) is 17.1 Å². The summed E-state index contributed by atoms with van der Waals surface area (Å²) < 4.78 is 13.5. The first-order valence-electron chi connectivity index (χ1n) is 4.80. The highest BCUT2D eigenvalue weighted by Crippen LogP contribution is 2.44. The molecule has 0 saturated heterocycles. The zero-order valence-electron chi connectivity index (χ0n) is 8.52. The number of halogens is 2. The zero-order chi connectivity index (χ0) is 11.1. The van der Waals surface area contributed by atoms with E-state index in [9.17, 15) is 9.18 Å². The summed E-state index contributed by atoms with van der Waals surface area (Å²) in [5, 5.41) is 9.16. The van der Waals surface area contributed by atoms with Crippen molar-refractivity contribution in [2.45, 2.75) is 24.3 Å². The Hall–Kier alpha value is -1.13. The minimum atomic E-state index is -1.11. The second-order valence-electron chi connectivity index (χ2n) is 4.04. The number of nitrogens with two attached hydrogens (primary N) is 1. The number of carbonyl (C=O) groups is 1. The zero-order valence-corrected chi connectivity index (χ0v) is 9.34. The molecule has 1 aliphatic rings. The molecule has 88 valence electrons. The molecule has 1 saturated carbocycles. The Morgan fingerprint density at radius 2 is 2.00 bits per heavy atom. The maximum atomic E-state index is 13.5. The predicted molar refractivity (Wildman–Crippen MR) is 60.2 cm³/mol. The van der Waals surface area contributed by atoms with Crippen LogP contribution in [0.5, 0.6) is 0 Å². The number of hydrogen-bond donors (Lipinski definition) is 2. The molecule has 0 radical (unpaired) electrons. The summed E-state index contributed by atoms with van der Waals surface area (Å²) in [6.45, 7) is 0. The van der Waals surface area contributed by atoms with E-state index in [2.05, 4.69) is 0 Å². The van der Waals surface area contributed by atoms with E-state index in [-0.39, 0.29) is 24.0 Å². The molecular formula is C11H13ClFNO2. The lowest BCUT2D eigenvalue weighted by molar-refractivity contribution is -0.148. The molecule has 3 N–H and O–H groups in total. The fourth-order valence-electron chi connectivity index (χ4n) is 2.19. The molecule has 0 heterocycles. The van der Waals surface area contributed by atoms with Gasteiger partial charge in [0.1, 0.15) is 5.82 Å². The normalized spacial score (nSPS) is 27.8. The Morgan fingerprint density at radius 3 is 2.44 bits per heavy atom. The smallest absolute Gasteiger partial charge is 0.314 e. The number of aliphatic carboxylic acids is 1. The second kappa shape index (κ2) is 4.39. The van der Waals surface area contributed by atoms with Crippen molar-refractivity contribution in [3.63, 3.8) is 0 Å². The molecule has 3 nitrogen and oxygen atoms in total. The van der Waals surface area contributed by atoms with Gasteiger partial charge in [0.05, 0.1) is 5.41 Å². The van der Waals surface area contributed by atoms with E-state index >= 15 is 0 Å². The average molecular weight is 246 g/mol. The van der Waals surface area contributed by atoms with Gasteiger partial charge in [-0.3, -0.25) is 4.79 Å². The van der Waals surface area contributed by atoms with Crippen LogP contribution in [0.2, 0.25) is 0 Å². The van der Waals surface area contributed by atoms with Crippen molar-refractivity contribution < 1.29 is 14.3 Å². The van der Waals surface area contributed by atoms with E-state index in [4.69, 9.17) is 10.8 Å². The minimum absolute atomic E-state index is 0. The van der Waals surface area contributed by atoms with Crippen molar-refractivity contribution in [1.29, 1.82) is 0 Å². The topological polar surface area (TPSA) is 63.3 Å². The summed E-state index contributed by atoms with van der Waals surface area (Å²) in [7, 11) is 0. The average Bonchev–Trinajstić information content (AvgIpc) is 2.13. The second-order valence-corrected chi connectivity index (χ2v) is 4.04. The summed E-state index contributed by atoms with van der Waals surface area (Å²) in [6, 6.07) is 5.86. The molecule has 0 spiro atoms. The van der Waals surface area contributed by atoms with Gasteiger partial charge in [0.15, 0.2) is 0 Å². The predicted octanol–water partition coefficient (Wildman–Crippen LogP) is 1.69. The highest BCUT2D eigenvalue weighted by molar-refractivity contribution is 5.85. The van der Waals surface area contributed by atoms with Crippen molar-refractivity contribution in [3.05, 3.63) is 35.6 Å². The number of benzene rings is 1. The summed E-state index contributed by atoms with van der Waals surface area (Å²) >= 11 is 0. The minimum Gasteiger partial charge on any atom is -0.481 e. The lowest BCUT2D eigenvalue weighted by Crippen LogP contribution is -2.54. The molecular weight excluding hydrogens is 233 g/mol. The molecule has 0 bridgehead atoms. The van der Waals surface area contributed by atoms with E-state index in [1.807, 2.05) is 0 Å². The van der Waals surface area contributed by atoms with Gasteiger partial charge in [0, 0.05) is 11.6 Å². The van der Waals surface area contributed by atoms with Crippen LogP contribution in [0.3, 0.4) is 0 Å². The maximum Gasteiger partial charge on any atom is 0.314 e. The third-order valence-corrected chi connectivity index (χ3v) is 3.02. The first kappa shape index (κ1) is 12.9. The van der Waals surface area contributed by atoms with Gasteiger partial charge in [-0.1, -0.05) is 18.2 Å². The molecule has 16 heavy (non-hydrogen) atoms. The SMILES string of the molecule is Cl.NC1CC(C(=O)O)(c2ccccc2F)C1. The lowest BCUT2D eigenvalue weighted by Gasteiger charge is -2.43. The van der Waals surface area contributed by atoms with Gasteiger partial charge in [0.25, 0.3) is 0 Å². The maximum absolute atomic E-state index is 13.5. The van der Waals surface area contributed by atoms with Crippen LogP contribution in [-0.2, 0) is 10.2 Å². The molecule has 0 atom stereocenters. The van der Waals surface area contributed by atoms with Crippen LogP contribution >= 0.6 is 12.4 Å². The Bertz CT molecular complexity index is 405. The summed E-state index contributed by atoms with van der Waals surface area (Å²) in [5.41, 5.74) is 4.74. The number of hydrogen-bond acceptors (Lipinski definition) is 2. The molecule has 0 aliphatic heterocycles. The fraction of sp³-hybridized carbons (Fsp3) is 0.364. The van der Waals surface area contributed by atoms with Crippen LogP contribution < -0.4 is 5.73 Å². The lowest BCUT2D eigenvalue weighted by atomic mass is 9.62. The summed E-state index contributed by atoms with van der Waals surface area (Å²) in [4.78, 5) is 11.2. The molecule has 1 aliphatic carbocycles. The molecule has 2 rings (SSSR count). The standard InChI is InChI=1S/C11H12FNO2.ClH/c12-9-4-2-1-3-8(9)11(10(14)15)5-7(13)6-11;/h1-4,7H,5-6,13H2,(H,14,15);1H. The van der Waals surface area contributed by atoms with Gasteiger partial charge in [-0.05, 0) is 18.9 Å². The molecule has 1 fully saturated rings. The molecule has 0 unspecified atom stereocenters. The van der Waals surface area contributed by atoms with Gasteiger partial charge < -0.3 is 10.8 Å². The first-order valence-corrected chi connectivity index (χ1v) is 4.80. The van der Waals surface area contributed by atoms with Crippen LogP contribution in [0.25, 0.3) is 0 Å². The molecule has 1 aromatic rings. The van der Waals surface area contributed by atoms with E-state index in [0.717, 1.165) is 0 Å². The van der Waals surface area contributed by atoms with Crippen LogP contribution in [0.15, 0.2) is 24.3 Å². The molecule has 0 amide bonds. The third-order valence-electron chi connectivity index (χ3n) is 3.02. The quantitative estimate of drug-likeness (QED) is 0.834. The molecule has 0 aromatic heterocycles. The molecule has 5 heteroatoms. The van der Waals surface area contributed by atoms with Crippen molar-refractivity contribution >= 4 is 18.4 Å². The van der Waals surface area contributed by atoms with E-state index in [1.54, 1.807) is 12.1 Å². The van der Waals surface area contributed by atoms with Gasteiger partial charge in [-0.2, -0.15) is 0 Å². The summed E-state index contributed by atoms with van der Waals surface area (Å²) in [6.07, 6.45) is 0.618.